The Morgan fingerprint density at radius 1 is 1.00 bits per heavy atom. The Morgan fingerprint density at radius 2 is 1.62 bits per heavy atom. The monoisotopic (exact) mass is 229 g/mol. The van der Waals surface area contributed by atoms with Crippen LogP contribution in [0.5, 0.6) is 0 Å². The molecule has 0 spiro atoms. The van der Waals surface area contributed by atoms with Crippen molar-refractivity contribution in [3.63, 3.8) is 0 Å². The predicted octanol–water partition coefficient (Wildman–Crippen LogP) is 1.68. The molecule has 0 amide bonds. The van der Waals surface area contributed by atoms with Gasteiger partial charge in [0.2, 0.25) is 0 Å². The molecule has 1 aliphatic rings. The lowest BCUT2D eigenvalue weighted by atomic mass is 9.90. The molecule has 16 heavy (non-hydrogen) atoms. The van der Waals surface area contributed by atoms with Crippen molar-refractivity contribution in [2.45, 2.75) is 70.6 Å². The van der Waals surface area contributed by atoms with Gasteiger partial charge in [-0.1, -0.05) is 39.5 Å². The van der Waals surface area contributed by atoms with Gasteiger partial charge >= 0.3 is 0 Å². The molecule has 0 radical (unpaired) electrons. The topological polar surface area (TPSA) is 52.5 Å². The second-order valence-corrected chi connectivity index (χ2v) is 5.00. The minimum Gasteiger partial charge on any atom is -0.395 e. The summed E-state index contributed by atoms with van der Waals surface area (Å²) < 4.78 is 0. The van der Waals surface area contributed by atoms with Crippen molar-refractivity contribution in [1.29, 1.82) is 0 Å². The van der Waals surface area contributed by atoms with Crippen LogP contribution in [0.25, 0.3) is 0 Å². The van der Waals surface area contributed by atoms with Gasteiger partial charge in [0.15, 0.2) is 0 Å². The van der Waals surface area contributed by atoms with E-state index in [0.717, 1.165) is 38.5 Å². The summed E-state index contributed by atoms with van der Waals surface area (Å²) in [4.78, 5) is 0. The molecule has 1 rings (SSSR count). The first kappa shape index (κ1) is 13.9. The second-order valence-electron chi connectivity index (χ2n) is 5.00. The molecule has 3 N–H and O–H groups in total. The van der Waals surface area contributed by atoms with E-state index in [2.05, 4.69) is 19.2 Å². The van der Waals surface area contributed by atoms with Crippen LogP contribution in [0, 0.1) is 5.92 Å². The number of nitrogens with one attached hydrogen (secondary N) is 1. The Bertz CT molecular complexity index is 187. The Hall–Kier alpha value is -0.120. The number of rotatable bonds is 7. The Balaban J connectivity index is 2.47. The van der Waals surface area contributed by atoms with Gasteiger partial charge in [-0.05, 0) is 12.8 Å². The summed E-state index contributed by atoms with van der Waals surface area (Å²) >= 11 is 0. The highest BCUT2D eigenvalue weighted by atomic mass is 16.3. The van der Waals surface area contributed by atoms with Gasteiger partial charge in [-0.15, -0.1) is 0 Å². The quantitative estimate of drug-likeness (QED) is 0.622. The molecule has 1 heterocycles. The molecule has 0 aromatic heterocycles. The van der Waals surface area contributed by atoms with Gasteiger partial charge in [-0.25, -0.2) is 0 Å². The number of hydrogen-bond donors (Lipinski definition) is 3. The molecule has 1 fully saturated rings. The maximum atomic E-state index is 10.2. The fraction of sp³-hybridized carbons (Fsp3) is 1.00. The molecule has 0 bridgehead atoms. The largest absolute Gasteiger partial charge is 0.395 e. The minimum absolute atomic E-state index is 0.100. The molecule has 3 nitrogen and oxygen atoms in total. The van der Waals surface area contributed by atoms with Crippen LogP contribution in [0.2, 0.25) is 0 Å². The van der Waals surface area contributed by atoms with E-state index in [4.69, 9.17) is 0 Å². The van der Waals surface area contributed by atoms with Crippen LogP contribution in [0.15, 0.2) is 0 Å². The Morgan fingerprint density at radius 3 is 2.19 bits per heavy atom. The van der Waals surface area contributed by atoms with E-state index in [9.17, 15) is 10.2 Å². The van der Waals surface area contributed by atoms with Crippen molar-refractivity contribution in [3.8, 4) is 0 Å². The van der Waals surface area contributed by atoms with Gasteiger partial charge < -0.3 is 15.5 Å². The second kappa shape index (κ2) is 7.25. The van der Waals surface area contributed by atoms with Gasteiger partial charge in [-0.3, -0.25) is 0 Å². The Kier molecular flexibility index (Phi) is 6.32. The first-order valence-electron chi connectivity index (χ1n) is 6.79. The molecule has 1 aliphatic heterocycles. The fourth-order valence-corrected chi connectivity index (χ4v) is 2.71. The van der Waals surface area contributed by atoms with Gasteiger partial charge in [0.1, 0.15) is 0 Å². The Labute approximate surface area is 99.3 Å². The molecule has 0 unspecified atom stereocenters. The summed E-state index contributed by atoms with van der Waals surface area (Å²) in [7, 11) is 0. The SMILES string of the molecule is CCCC[C@@H]1[C@@H](O)[C@H](CCCC)N[C@H]1CO. The molecule has 0 aromatic rings. The molecule has 1 saturated heterocycles. The van der Waals surface area contributed by atoms with Crippen LogP contribution in [-0.2, 0) is 0 Å². The van der Waals surface area contributed by atoms with Crippen molar-refractivity contribution >= 4 is 0 Å². The van der Waals surface area contributed by atoms with Crippen LogP contribution in [-0.4, -0.2) is 35.0 Å². The van der Waals surface area contributed by atoms with Crippen molar-refractivity contribution < 1.29 is 10.2 Å². The standard InChI is InChI=1S/C13H27NO2/c1-3-5-7-10-12(9-15)14-11(13(10)16)8-6-4-2/h10-16H,3-9H2,1-2H3/t10-,11-,12-,13+/m0/s1. The summed E-state index contributed by atoms with van der Waals surface area (Å²) in [6, 6.07) is 0.294. The molecule has 4 atom stereocenters. The van der Waals surface area contributed by atoms with E-state index in [0.29, 0.717) is 0 Å². The van der Waals surface area contributed by atoms with Gasteiger partial charge in [0, 0.05) is 18.0 Å². The van der Waals surface area contributed by atoms with Crippen molar-refractivity contribution in [3.05, 3.63) is 0 Å². The lowest BCUT2D eigenvalue weighted by molar-refractivity contribution is 0.0953. The van der Waals surface area contributed by atoms with Crippen LogP contribution in [0.1, 0.15) is 52.4 Å². The summed E-state index contributed by atoms with van der Waals surface area (Å²) in [5.41, 5.74) is 0. The summed E-state index contributed by atoms with van der Waals surface area (Å²) in [6.45, 7) is 4.48. The van der Waals surface area contributed by atoms with Gasteiger partial charge in [0.05, 0.1) is 12.7 Å². The highest BCUT2D eigenvalue weighted by molar-refractivity contribution is 4.97. The van der Waals surface area contributed by atoms with Crippen LogP contribution in [0.4, 0.5) is 0 Å². The third-order valence-corrected chi connectivity index (χ3v) is 3.75. The van der Waals surface area contributed by atoms with Crippen LogP contribution < -0.4 is 5.32 Å². The summed E-state index contributed by atoms with van der Waals surface area (Å²) in [5.74, 6) is 0.242. The van der Waals surface area contributed by atoms with Crippen molar-refractivity contribution in [2.24, 2.45) is 5.92 Å². The van der Waals surface area contributed by atoms with Crippen LogP contribution >= 0.6 is 0 Å². The van der Waals surface area contributed by atoms with E-state index < -0.39 is 0 Å². The minimum atomic E-state index is -0.268. The van der Waals surface area contributed by atoms with E-state index in [1.165, 1.54) is 0 Å². The van der Waals surface area contributed by atoms with E-state index in [1.54, 1.807) is 0 Å². The molecular weight excluding hydrogens is 202 g/mol. The summed E-state index contributed by atoms with van der Waals surface area (Å²) in [5, 5.41) is 22.9. The van der Waals surface area contributed by atoms with E-state index in [-0.39, 0.29) is 30.7 Å². The van der Waals surface area contributed by atoms with Crippen LogP contribution in [0.3, 0.4) is 0 Å². The third-order valence-electron chi connectivity index (χ3n) is 3.75. The number of unbranched alkanes of at least 4 members (excludes halogenated alkanes) is 2. The fourth-order valence-electron chi connectivity index (χ4n) is 2.71. The summed E-state index contributed by atoms with van der Waals surface area (Å²) in [6.07, 6.45) is 6.38. The third kappa shape index (κ3) is 3.44. The zero-order valence-corrected chi connectivity index (χ0v) is 10.7. The zero-order valence-electron chi connectivity index (χ0n) is 10.7. The van der Waals surface area contributed by atoms with Gasteiger partial charge in [0.25, 0.3) is 0 Å². The highest BCUT2D eigenvalue weighted by Gasteiger charge is 2.40. The molecule has 3 heteroatoms. The smallest absolute Gasteiger partial charge is 0.0737 e. The lowest BCUT2D eigenvalue weighted by Gasteiger charge is -2.20. The highest BCUT2D eigenvalue weighted by Crippen LogP contribution is 2.28. The first-order chi connectivity index (χ1) is 7.74. The van der Waals surface area contributed by atoms with Crippen molar-refractivity contribution in [2.75, 3.05) is 6.61 Å². The van der Waals surface area contributed by atoms with E-state index in [1.807, 2.05) is 0 Å². The molecular formula is C13H27NO2. The first-order valence-corrected chi connectivity index (χ1v) is 6.79. The van der Waals surface area contributed by atoms with E-state index >= 15 is 0 Å². The zero-order chi connectivity index (χ0) is 12.0. The number of aliphatic hydroxyl groups is 2. The predicted molar refractivity (Wildman–Crippen MR) is 66.3 cm³/mol. The maximum absolute atomic E-state index is 10.2. The van der Waals surface area contributed by atoms with Crippen molar-refractivity contribution in [1.82, 2.24) is 5.32 Å². The molecule has 96 valence electrons. The average molecular weight is 229 g/mol. The number of aliphatic hydroxyl groups excluding tert-OH is 2. The normalized spacial score (nSPS) is 34.5. The lowest BCUT2D eigenvalue weighted by Crippen LogP contribution is -2.34. The molecule has 0 saturated carbocycles. The average Bonchev–Trinajstić information content (AvgIpc) is 2.60. The molecule has 0 aliphatic carbocycles. The van der Waals surface area contributed by atoms with Gasteiger partial charge in [-0.2, -0.15) is 0 Å². The molecule has 0 aromatic carbocycles. The number of hydrogen-bond acceptors (Lipinski definition) is 3. The maximum Gasteiger partial charge on any atom is 0.0737 e.